The fraction of sp³-hybridized carbons (Fsp3) is 0.120. The minimum atomic E-state index is -4.55. The fourth-order valence-electron chi connectivity index (χ4n) is 4.03. The number of amides is 1. The molecule has 0 saturated carbocycles. The van der Waals surface area contributed by atoms with Crippen LogP contribution in [0.3, 0.4) is 0 Å². The Bertz CT molecular complexity index is 1690. The number of fused-ring (bicyclic) bond motifs is 3. The Morgan fingerprint density at radius 1 is 1.00 bits per heavy atom. The van der Waals surface area contributed by atoms with Gasteiger partial charge >= 0.3 is 18.0 Å². The van der Waals surface area contributed by atoms with Gasteiger partial charge in [-0.05, 0) is 48.0 Å². The highest BCUT2D eigenvalue weighted by molar-refractivity contribution is 6.04. The van der Waals surface area contributed by atoms with Gasteiger partial charge in [-0.2, -0.15) is 13.2 Å². The van der Waals surface area contributed by atoms with Gasteiger partial charge in [0.15, 0.2) is 0 Å². The standard InChI is InChI=1S/C25H18F3N5O3/c1-32-20-13-29-19-8-6-14(15-7-9-21(30-12-15)31-23(34)36-2)10-18(19)22(20)33(24(32)35)17-5-3-4-16(11-17)25(26,27)28/h3-13H,1-2H3,(H,30,31,34). The third-order valence-corrected chi connectivity index (χ3v) is 5.83. The molecule has 8 nitrogen and oxygen atoms in total. The van der Waals surface area contributed by atoms with Crippen molar-refractivity contribution in [2.45, 2.75) is 6.18 Å². The number of hydrogen-bond donors (Lipinski definition) is 1. The van der Waals surface area contributed by atoms with Crippen molar-refractivity contribution >= 4 is 33.8 Å². The second-order valence-electron chi connectivity index (χ2n) is 8.00. The molecule has 3 aromatic heterocycles. The lowest BCUT2D eigenvalue weighted by molar-refractivity contribution is -0.137. The van der Waals surface area contributed by atoms with Gasteiger partial charge in [-0.1, -0.05) is 12.1 Å². The molecule has 0 saturated heterocycles. The third-order valence-electron chi connectivity index (χ3n) is 5.83. The lowest BCUT2D eigenvalue weighted by Crippen LogP contribution is -2.21. The molecule has 11 heteroatoms. The average molecular weight is 493 g/mol. The summed E-state index contributed by atoms with van der Waals surface area (Å²) in [4.78, 5) is 33.2. The van der Waals surface area contributed by atoms with E-state index in [1.165, 1.54) is 34.6 Å². The van der Waals surface area contributed by atoms with Crippen molar-refractivity contribution in [3.05, 3.63) is 83.0 Å². The maximum Gasteiger partial charge on any atom is 0.416 e. The van der Waals surface area contributed by atoms with E-state index >= 15 is 0 Å². The van der Waals surface area contributed by atoms with Crippen LogP contribution in [-0.2, 0) is 18.0 Å². The normalized spacial score (nSPS) is 11.7. The predicted molar refractivity (Wildman–Crippen MR) is 128 cm³/mol. The van der Waals surface area contributed by atoms with Gasteiger partial charge in [-0.3, -0.25) is 19.4 Å². The quantitative estimate of drug-likeness (QED) is 0.376. The summed E-state index contributed by atoms with van der Waals surface area (Å²) in [5, 5.41) is 3.05. The van der Waals surface area contributed by atoms with Crippen LogP contribution in [-0.4, -0.2) is 32.3 Å². The summed E-state index contributed by atoms with van der Waals surface area (Å²) in [5.41, 5.74) is 1.67. The topological polar surface area (TPSA) is 91.0 Å². The summed E-state index contributed by atoms with van der Waals surface area (Å²) in [7, 11) is 2.79. The van der Waals surface area contributed by atoms with Crippen LogP contribution in [0.2, 0.25) is 0 Å². The molecule has 182 valence electrons. The molecule has 2 aromatic carbocycles. The van der Waals surface area contributed by atoms with Crippen molar-refractivity contribution in [1.82, 2.24) is 19.1 Å². The van der Waals surface area contributed by atoms with Crippen LogP contribution in [0.25, 0.3) is 38.8 Å². The van der Waals surface area contributed by atoms with Crippen molar-refractivity contribution in [3.8, 4) is 16.8 Å². The molecule has 3 heterocycles. The zero-order chi connectivity index (χ0) is 25.6. The average Bonchev–Trinajstić information content (AvgIpc) is 3.14. The third kappa shape index (κ3) is 3.94. The van der Waals surface area contributed by atoms with Gasteiger partial charge in [0.25, 0.3) is 0 Å². The fourth-order valence-corrected chi connectivity index (χ4v) is 4.03. The van der Waals surface area contributed by atoms with Gasteiger partial charge in [0.1, 0.15) is 5.82 Å². The van der Waals surface area contributed by atoms with Crippen LogP contribution >= 0.6 is 0 Å². The Balaban J connectivity index is 1.70. The number of nitrogens with zero attached hydrogens (tertiary/aromatic N) is 4. The number of rotatable bonds is 3. The van der Waals surface area contributed by atoms with Crippen LogP contribution in [0.15, 0.2) is 71.8 Å². The van der Waals surface area contributed by atoms with Crippen molar-refractivity contribution in [3.63, 3.8) is 0 Å². The first-order chi connectivity index (χ1) is 17.2. The van der Waals surface area contributed by atoms with Crippen LogP contribution in [0, 0.1) is 0 Å². The van der Waals surface area contributed by atoms with Gasteiger partial charge in [0, 0.05) is 24.2 Å². The van der Waals surface area contributed by atoms with Gasteiger partial charge in [-0.25, -0.2) is 14.6 Å². The van der Waals surface area contributed by atoms with Crippen LogP contribution in [0.1, 0.15) is 5.56 Å². The number of imidazole rings is 1. The maximum absolute atomic E-state index is 13.4. The maximum atomic E-state index is 13.4. The monoisotopic (exact) mass is 493 g/mol. The predicted octanol–water partition coefficient (Wildman–Crippen LogP) is 5.14. The number of ether oxygens (including phenoxy) is 1. The number of carbonyl (C=O) groups excluding carboxylic acids is 1. The van der Waals surface area contributed by atoms with E-state index in [0.717, 1.165) is 17.7 Å². The molecule has 1 N–H and O–H groups in total. The molecule has 0 aliphatic carbocycles. The molecule has 5 aromatic rings. The van der Waals surface area contributed by atoms with E-state index in [-0.39, 0.29) is 5.69 Å². The Morgan fingerprint density at radius 3 is 2.47 bits per heavy atom. The van der Waals surface area contributed by atoms with E-state index < -0.39 is 23.5 Å². The number of benzene rings is 2. The number of anilines is 1. The number of pyridine rings is 2. The van der Waals surface area contributed by atoms with Gasteiger partial charge < -0.3 is 4.74 Å². The highest BCUT2D eigenvalue weighted by Crippen LogP contribution is 2.33. The van der Waals surface area contributed by atoms with E-state index in [1.807, 2.05) is 6.07 Å². The summed E-state index contributed by atoms with van der Waals surface area (Å²) in [6, 6.07) is 13.4. The van der Waals surface area contributed by atoms with Crippen molar-refractivity contribution in [2.75, 3.05) is 12.4 Å². The second kappa shape index (κ2) is 8.52. The molecule has 36 heavy (non-hydrogen) atoms. The van der Waals surface area contributed by atoms with E-state index in [9.17, 15) is 22.8 Å². The number of halogens is 3. The number of aromatic nitrogens is 4. The molecule has 0 spiro atoms. The highest BCUT2D eigenvalue weighted by Gasteiger charge is 2.31. The number of carbonyl (C=O) groups is 1. The molecule has 1 amide bonds. The number of hydrogen-bond acceptors (Lipinski definition) is 5. The zero-order valence-electron chi connectivity index (χ0n) is 19.0. The first kappa shape index (κ1) is 23.1. The molecule has 5 rings (SSSR count). The highest BCUT2D eigenvalue weighted by atomic mass is 19.4. The lowest BCUT2D eigenvalue weighted by atomic mass is 10.0. The van der Waals surface area contributed by atoms with Crippen molar-refractivity contribution < 1.29 is 22.7 Å². The van der Waals surface area contributed by atoms with Crippen LogP contribution in [0.5, 0.6) is 0 Å². The van der Waals surface area contributed by atoms with E-state index in [2.05, 4.69) is 20.0 Å². The Kier molecular flexibility index (Phi) is 5.47. The first-order valence-corrected chi connectivity index (χ1v) is 10.7. The molecule has 0 aliphatic rings. The van der Waals surface area contributed by atoms with Gasteiger partial charge in [0.05, 0.1) is 41.1 Å². The Morgan fingerprint density at radius 2 is 1.78 bits per heavy atom. The van der Waals surface area contributed by atoms with E-state index in [4.69, 9.17) is 0 Å². The minimum absolute atomic E-state index is 0.0956. The summed E-state index contributed by atoms with van der Waals surface area (Å²) in [6.07, 6.45) is -2.11. The molecule has 0 bridgehead atoms. The number of methoxy groups -OCH3 is 1. The molecule has 0 radical (unpaired) electrons. The summed E-state index contributed by atoms with van der Waals surface area (Å²) in [5.74, 6) is 0.303. The van der Waals surface area contributed by atoms with Gasteiger partial charge in [-0.15, -0.1) is 0 Å². The van der Waals surface area contributed by atoms with Crippen LogP contribution < -0.4 is 11.0 Å². The van der Waals surface area contributed by atoms with Gasteiger partial charge in [0.2, 0.25) is 0 Å². The van der Waals surface area contributed by atoms with Crippen LogP contribution in [0.4, 0.5) is 23.8 Å². The lowest BCUT2D eigenvalue weighted by Gasteiger charge is -2.11. The molecule has 0 aliphatic heterocycles. The van der Waals surface area contributed by atoms with E-state index in [0.29, 0.717) is 33.3 Å². The Hall–Kier alpha value is -4.67. The Labute approximate surface area is 201 Å². The molecule has 0 fully saturated rings. The zero-order valence-corrected chi connectivity index (χ0v) is 19.0. The second-order valence-corrected chi connectivity index (χ2v) is 8.00. The number of aryl methyl sites for hydroxylation is 1. The van der Waals surface area contributed by atoms with Crippen molar-refractivity contribution in [1.29, 1.82) is 0 Å². The molecule has 0 atom stereocenters. The molecule has 0 unspecified atom stereocenters. The molecular weight excluding hydrogens is 475 g/mol. The smallest absolute Gasteiger partial charge is 0.416 e. The SMILES string of the molecule is COC(=O)Nc1ccc(-c2ccc3ncc4c(c3c2)n(-c2cccc(C(F)(F)F)c2)c(=O)n4C)cn1. The molecular formula is C25H18F3N5O3. The minimum Gasteiger partial charge on any atom is -0.453 e. The summed E-state index contributed by atoms with van der Waals surface area (Å²) >= 11 is 0. The van der Waals surface area contributed by atoms with E-state index in [1.54, 1.807) is 37.5 Å². The number of alkyl halides is 3. The largest absolute Gasteiger partial charge is 0.453 e. The number of nitrogens with one attached hydrogen (secondary N) is 1. The summed E-state index contributed by atoms with van der Waals surface area (Å²) in [6.45, 7) is 0. The first-order valence-electron chi connectivity index (χ1n) is 10.7. The van der Waals surface area contributed by atoms with Crippen molar-refractivity contribution in [2.24, 2.45) is 7.05 Å². The summed E-state index contributed by atoms with van der Waals surface area (Å²) < 4.78 is 47.3.